The van der Waals surface area contributed by atoms with Crippen molar-refractivity contribution in [2.75, 3.05) is 18.9 Å². The molecule has 4 nitrogen and oxygen atoms in total. The van der Waals surface area contributed by atoms with E-state index in [9.17, 15) is 0 Å². The van der Waals surface area contributed by atoms with E-state index in [2.05, 4.69) is 55.5 Å². The summed E-state index contributed by atoms with van der Waals surface area (Å²) in [6.45, 7) is 0. The lowest BCUT2D eigenvalue weighted by Crippen LogP contribution is -2.15. The molecular weight excluding hydrogens is 288 g/mol. The van der Waals surface area contributed by atoms with Crippen LogP contribution < -0.4 is 4.83 Å². The van der Waals surface area contributed by atoms with Crippen LogP contribution in [0.2, 0.25) is 0 Å². The lowest BCUT2D eigenvalue weighted by molar-refractivity contribution is 0.383. The summed E-state index contributed by atoms with van der Waals surface area (Å²) < 4.78 is 3.11. The van der Waals surface area contributed by atoms with Crippen molar-refractivity contribution >= 4 is 38.9 Å². The Morgan fingerprint density at radius 1 is 1.50 bits per heavy atom. The molecule has 0 amide bonds. The third kappa shape index (κ3) is 1.44. The molecule has 1 aromatic carbocycles. The molecule has 0 aliphatic carbocycles. The highest BCUT2D eigenvalue weighted by atomic mass is 79.9. The van der Waals surface area contributed by atoms with Crippen LogP contribution >= 0.6 is 27.9 Å². The van der Waals surface area contributed by atoms with Gasteiger partial charge >= 0.3 is 0 Å². The Bertz CT molecular complexity index is 551. The van der Waals surface area contributed by atoms with E-state index < -0.39 is 0 Å². The van der Waals surface area contributed by atoms with Crippen molar-refractivity contribution in [2.45, 2.75) is 5.37 Å². The minimum atomic E-state index is 0.270. The van der Waals surface area contributed by atoms with Crippen molar-refractivity contribution in [1.29, 1.82) is 0 Å². The highest BCUT2D eigenvalue weighted by Gasteiger charge is 2.28. The molecule has 1 aliphatic rings. The second-order valence-electron chi connectivity index (χ2n) is 3.96. The van der Waals surface area contributed by atoms with Gasteiger partial charge in [0.05, 0.1) is 11.0 Å². The predicted molar refractivity (Wildman–Crippen MR) is 70.8 cm³/mol. The van der Waals surface area contributed by atoms with Crippen LogP contribution in [-0.4, -0.2) is 28.7 Å². The topological polar surface area (TPSA) is 33.1 Å². The quantitative estimate of drug-likeness (QED) is 0.821. The molecular formula is C10H11BrN4S. The molecule has 1 atom stereocenters. The third-order valence-electron chi connectivity index (χ3n) is 2.59. The van der Waals surface area contributed by atoms with E-state index in [0.717, 1.165) is 21.3 Å². The van der Waals surface area contributed by atoms with Crippen LogP contribution in [0.1, 0.15) is 11.2 Å². The average Bonchev–Trinajstić information content (AvgIpc) is 2.74. The fraction of sp³-hybridized carbons (Fsp3) is 0.300. The van der Waals surface area contributed by atoms with Gasteiger partial charge in [0.1, 0.15) is 5.37 Å². The van der Waals surface area contributed by atoms with E-state index in [1.54, 1.807) is 11.9 Å². The van der Waals surface area contributed by atoms with Gasteiger partial charge in [0.25, 0.3) is 0 Å². The first-order chi connectivity index (χ1) is 7.66. The molecule has 3 rings (SSSR count). The number of nitrogens with zero attached hydrogens (tertiary/aromatic N) is 3. The maximum absolute atomic E-state index is 4.66. The Balaban J connectivity index is 2.20. The van der Waals surface area contributed by atoms with Crippen LogP contribution in [0.3, 0.4) is 0 Å². The van der Waals surface area contributed by atoms with Crippen molar-refractivity contribution in [1.82, 2.24) is 14.6 Å². The van der Waals surface area contributed by atoms with E-state index >= 15 is 0 Å². The highest BCUT2D eigenvalue weighted by molar-refractivity contribution is 9.10. The first-order valence-electron chi connectivity index (χ1n) is 4.93. The monoisotopic (exact) mass is 298 g/mol. The van der Waals surface area contributed by atoms with E-state index in [-0.39, 0.29) is 5.37 Å². The van der Waals surface area contributed by atoms with Crippen LogP contribution in [-0.2, 0) is 0 Å². The number of imidazole rings is 1. The zero-order valence-electron chi connectivity index (χ0n) is 8.94. The summed E-state index contributed by atoms with van der Waals surface area (Å²) in [5, 5.41) is 0.270. The number of aromatic nitrogens is 2. The molecule has 84 valence electrons. The van der Waals surface area contributed by atoms with Gasteiger partial charge in [-0.2, -0.15) is 0 Å². The molecule has 0 fully saturated rings. The van der Waals surface area contributed by atoms with Gasteiger partial charge in [0.2, 0.25) is 0 Å². The molecule has 1 aromatic heterocycles. The molecule has 0 spiro atoms. The molecule has 0 saturated heterocycles. The molecule has 2 heterocycles. The zero-order chi connectivity index (χ0) is 11.3. The number of fused-ring (bicyclic) bond motifs is 3. The average molecular weight is 299 g/mol. The molecule has 2 aromatic rings. The van der Waals surface area contributed by atoms with Gasteiger partial charge in [0, 0.05) is 4.47 Å². The van der Waals surface area contributed by atoms with Crippen molar-refractivity contribution in [3.05, 3.63) is 28.5 Å². The predicted octanol–water partition coefficient (Wildman–Crippen LogP) is 2.56. The lowest BCUT2D eigenvalue weighted by atomic mass is 10.3. The summed E-state index contributed by atoms with van der Waals surface area (Å²) in [4.78, 5) is 10.1. The molecule has 0 radical (unpaired) electrons. The number of nitrogens with one attached hydrogen (secondary N) is 1. The van der Waals surface area contributed by atoms with Gasteiger partial charge in [-0.1, -0.05) is 15.9 Å². The maximum Gasteiger partial charge on any atom is 0.158 e. The van der Waals surface area contributed by atoms with Crippen LogP contribution in [0.4, 0.5) is 0 Å². The molecule has 1 unspecified atom stereocenters. The molecule has 16 heavy (non-hydrogen) atoms. The molecule has 6 heteroatoms. The Hall–Kier alpha value is -0.720. The Morgan fingerprint density at radius 2 is 2.31 bits per heavy atom. The number of rotatable bonds is 1. The van der Waals surface area contributed by atoms with Crippen molar-refractivity contribution in [3.8, 4) is 0 Å². The zero-order valence-corrected chi connectivity index (χ0v) is 11.3. The van der Waals surface area contributed by atoms with Gasteiger partial charge in [-0.05, 0) is 44.2 Å². The smallest absolute Gasteiger partial charge is 0.158 e. The molecule has 0 saturated carbocycles. The first-order valence-corrected chi connectivity index (χ1v) is 6.60. The minimum Gasteiger partial charge on any atom is -0.290 e. The summed E-state index contributed by atoms with van der Waals surface area (Å²) in [5.41, 5.74) is 2.14. The first kappa shape index (κ1) is 10.4. The second kappa shape index (κ2) is 3.65. The molecule has 1 N–H and O–H groups in total. The summed E-state index contributed by atoms with van der Waals surface area (Å²) in [6.07, 6.45) is 0. The van der Waals surface area contributed by atoms with Gasteiger partial charge in [0.15, 0.2) is 5.82 Å². The Labute approximate surface area is 106 Å². The van der Waals surface area contributed by atoms with Crippen LogP contribution in [0, 0.1) is 0 Å². The van der Waals surface area contributed by atoms with Gasteiger partial charge in [-0.25, -0.2) is 9.66 Å². The largest absolute Gasteiger partial charge is 0.290 e. The van der Waals surface area contributed by atoms with Crippen LogP contribution in [0.5, 0.6) is 0 Å². The van der Waals surface area contributed by atoms with E-state index in [4.69, 9.17) is 0 Å². The Morgan fingerprint density at radius 3 is 3.06 bits per heavy atom. The number of hydrogen-bond acceptors (Lipinski definition) is 4. The number of hydrogen-bond donors (Lipinski definition) is 1. The van der Waals surface area contributed by atoms with Crippen molar-refractivity contribution in [3.63, 3.8) is 0 Å². The molecule has 0 bridgehead atoms. The second-order valence-corrected chi connectivity index (χ2v) is 5.74. The van der Waals surface area contributed by atoms with Gasteiger partial charge < -0.3 is 0 Å². The van der Waals surface area contributed by atoms with E-state index in [1.165, 1.54) is 0 Å². The summed E-state index contributed by atoms with van der Waals surface area (Å²) >= 11 is 5.13. The standard InChI is InChI=1S/C10H11BrN4S/c1-14(2)10-9-12-7-5-6(11)3-4-8(7)15(9)13-16-10/h3-5,10,13H,1-2H3. The summed E-state index contributed by atoms with van der Waals surface area (Å²) in [7, 11) is 4.12. The minimum absolute atomic E-state index is 0.270. The third-order valence-corrected chi connectivity index (χ3v) is 4.22. The van der Waals surface area contributed by atoms with E-state index in [0.29, 0.717) is 0 Å². The van der Waals surface area contributed by atoms with Gasteiger partial charge in [-0.15, -0.1) is 0 Å². The molecule has 1 aliphatic heterocycles. The van der Waals surface area contributed by atoms with Crippen molar-refractivity contribution < 1.29 is 0 Å². The van der Waals surface area contributed by atoms with Gasteiger partial charge in [-0.3, -0.25) is 9.73 Å². The number of halogens is 1. The lowest BCUT2D eigenvalue weighted by Gasteiger charge is -2.14. The SMILES string of the molecule is CN(C)C1SNn2c1nc1cc(Br)ccc12. The van der Waals surface area contributed by atoms with E-state index in [1.807, 2.05) is 12.1 Å². The van der Waals surface area contributed by atoms with Crippen molar-refractivity contribution in [2.24, 2.45) is 0 Å². The fourth-order valence-electron chi connectivity index (χ4n) is 1.83. The fourth-order valence-corrected chi connectivity index (χ4v) is 3.05. The maximum atomic E-state index is 4.66. The Kier molecular flexibility index (Phi) is 2.38. The van der Waals surface area contributed by atoms with Crippen LogP contribution in [0.15, 0.2) is 22.7 Å². The summed E-state index contributed by atoms with van der Waals surface area (Å²) in [6, 6.07) is 6.15. The van der Waals surface area contributed by atoms with Crippen LogP contribution in [0.25, 0.3) is 11.0 Å². The summed E-state index contributed by atoms with van der Waals surface area (Å²) in [5.74, 6) is 1.06. The number of benzene rings is 1. The highest BCUT2D eigenvalue weighted by Crippen LogP contribution is 2.37. The normalized spacial score (nSPS) is 19.1.